The monoisotopic (exact) mass is 298 g/mol. The first kappa shape index (κ1) is 27.4. The zero-order valence-electron chi connectivity index (χ0n) is 8.54. The topological polar surface area (TPSA) is 127 Å². The zero-order valence-corrected chi connectivity index (χ0v) is 18.8. The predicted molar refractivity (Wildman–Crippen MR) is 30.8 cm³/mol. The first-order valence-corrected chi connectivity index (χ1v) is 4.36. The van der Waals surface area contributed by atoms with Crippen LogP contribution in [0.5, 0.6) is 0 Å². The molecule has 1 saturated carbocycles. The fourth-order valence-corrected chi connectivity index (χ4v) is 0.394. The molecule has 1 rings (SSSR count). The Kier molecular flexibility index (Phi) is 28.2. The first-order valence-electron chi connectivity index (χ1n) is 2.90. The molecule has 6 nitrogen and oxygen atoms in total. The SMILES string of the molecule is O=P([O-])([O-])[O-].OB(O)C1CC1.[K+].[K+].[K+]. The van der Waals surface area contributed by atoms with Crippen molar-refractivity contribution in [1.29, 1.82) is 0 Å². The van der Waals surface area contributed by atoms with Crippen molar-refractivity contribution in [1.82, 2.24) is 0 Å². The molecular formula is C3H7BK3O6P. The molecule has 66 valence electrons. The summed E-state index contributed by atoms with van der Waals surface area (Å²) in [4.78, 5) is 25.6. The molecule has 1 aliphatic rings. The predicted octanol–water partition coefficient (Wildman–Crippen LogP) is -12.2. The van der Waals surface area contributed by atoms with Gasteiger partial charge in [0.15, 0.2) is 0 Å². The number of rotatable bonds is 1. The molecule has 0 saturated heterocycles. The third-order valence-corrected chi connectivity index (χ3v) is 1.04. The van der Waals surface area contributed by atoms with Gasteiger partial charge in [0, 0.05) is 0 Å². The second kappa shape index (κ2) is 14.4. The summed E-state index contributed by atoms with van der Waals surface area (Å²) < 4.78 is 8.55. The van der Waals surface area contributed by atoms with Gasteiger partial charge in [-0.25, -0.2) is 0 Å². The Balaban J connectivity index is -0.0000000597. The van der Waals surface area contributed by atoms with E-state index in [9.17, 15) is 0 Å². The Hall–Kier alpha value is 5.00. The quantitative estimate of drug-likeness (QED) is 0.365. The van der Waals surface area contributed by atoms with E-state index in [0.29, 0.717) is 0 Å². The van der Waals surface area contributed by atoms with Gasteiger partial charge in [-0.1, -0.05) is 12.8 Å². The van der Waals surface area contributed by atoms with E-state index in [2.05, 4.69) is 0 Å². The maximum atomic E-state index is 8.55. The molecule has 0 aromatic rings. The van der Waals surface area contributed by atoms with Gasteiger partial charge in [0.1, 0.15) is 0 Å². The fourth-order valence-electron chi connectivity index (χ4n) is 0.394. The summed E-state index contributed by atoms with van der Waals surface area (Å²) in [6, 6.07) is 0. The second-order valence-electron chi connectivity index (χ2n) is 2.20. The van der Waals surface area contributed by atoms with Gasteiger partial charge in [0.25, 0.3) is 0 Å². The minimum atomic E-state index is -5.39. The first-order chi connectivity index (χ1) is 4.80. The van der Waals surface area contributed by atoms with E-state index >= 15 is 0 Å². The average Bonchev–Trinajstić information content (AvgIpc) is 2.34. The van der Waals surface area contributed by atoms with Crippen molar-refractivity contribution in [2.45, 2.75) is 18.7 Å². The molecule has 2 N–H and O–H groups in total. The summed E-state index contributed by atoms with van der Waals surface area (Å²) in [6.07, 6.45) is 2.00. The van der Waals surface area contributed by atoms with Crippen LogP contribution in [-0.2, 0) is 4.57 Å². The van der Waals surface area contributed by atoms with E-state index < -0.39 is 14.9 Å². The standard InChI is InChI=1S/C3H7BO2.3K.H3O4P/c5-4(6)3-1-2-3;;;;1-5(2,3)4/h3,5-6H,1-2H2;;;;(H3,1,2,3,4)/q;3*+1;/p-3. The molecule has 0 spiro atoms. The van der Waals surface area contributed by atoms with Crippen LogP contribution in [-0.4, -0.2) is 17.2 Å². The third-order valence-electron chi connectivity index (χ3n) is 1.04. The number of hydrogen-bond acceptors (Lipinski definition) is 6. The Bertz CT molecular complexity index is 152. The van der Waals surface area contributed by atoms with Gasteiger partial charge >= 0.3 is 161 Å². The Morgan fingerprint density at radius 2 is 1.29 bits per heavy atom. The van der Waals surface area contributed by atoms with Crippen LogP contribution in [0.2, 0.25) is 5.82 Å². The summed E-state index contributed by atoms with van der Waals surface area (Å²) in [6.45, 7) is 0. The van der Waals surface area contributed by atoms with E-state index in [4.69, 9.17) is 29.3 Å². The van der Waals surface area contributed by atoms with Crippen molar-refractivity contribution in [3.8, 4) is 0 Å². The molecule has 0 heterocycles. The molecule has 0 aromatic heterocycles. The molecule has 0 unspecified atom stereocenters. The summed E-state index contributed by atoms with van der Waals surface area (Å²) in [5.41, 5.74) is 0. The van der Waals surface area contributed by atoms with E-state index in [-0.39, 0.29) is 160 Å². The summed E-state index contributed by atoms with van der Waals surface area (Å²) in [7, 11) is -6.43. The Morgan fingerprint density at radius 1 is 1.07 bits per heavy atom. The van der Waals surface area contributed by atoms with Crippen molar-refractivity contribution < 1.29 is 183 Å². The molecule has 0 aliphatic heterocycles. The summed E-state index contributed by atoms with van der Waals surface area (Å²) in [5.74, 6) is 0.213. The molecule has 0 radical (unpaired) electrons. The van der Waals surface area contributed by atoms with Gasteiger partial charge in [0.2, 0.25) is 0 Å². The van der Waals surface area contributed by atoms with Gasteiger partial charge in [-0.15, -0.1) is 0 Å². The number of phosphoric acid groups is 1. The minimum Gasteiger partial charge on any atom is -0.822 e. The molecule has 1 aliphatic carbocycles. The van der Waals surface area contributed by atoms with Crippen LogP contribution in [0, 0.1) is 0 Å². The van der Waals surface area contributed by atoms with Crippen LogP contribution in [0.3, 0.4) is 0 Å². The molecule has 14 heavy (non-hydrogen) atoms. The van der Waals surface area contributed by atoms with Gasteiger partial charge in [0.05, 0.1) is 0 Å². The van der Waals surface area contributed by atoms with E-state index in [1.54, 1.807) is 0 Å². The van der Waals surface area contributed by atoms with Gasteiger partial charge < -0.3 is 29.3 Å². The van der Waals surface area contributed by atoms with Crippen molar-refractivity contribution in [2.24, 2.45) is 0 Å². The van der Waals surface area contributed by atoms with Crippen molar-refractivity contribution in [3.05, 3.63) is 0 Å². The molecular weight excluding hydrogens is 291 g/mol. The summed E-state index contributed by atoms with van der Waals surface area (Å²) in [5, 5.41) is 16.5. The zero-order chi connectivity index (χ0) is 9.07. The van der Waals surface area contributed by atoms with Crippen molar-refractivity contribution >= 4 is 14.9 Å². The molecule has 11 heteroatoms. The van der Waals surface area contributed by atoms with Crippen LogP contribution in [0.15, 0.2) is 0 Å². The summed E-state index contributed by atoms with van der Waals surface area (Å²) >= 11 is 0. The normalized spacial score (nSPS) is 13.2. The van der Waals surface area contributed by atoms with E-state index in [1.807, 2.05) is 0 Å². The maximum absolute atomic E-state index is 8.55. The largest absolute Gasteiger partial charge is 1.00 e. The van der Waals surface area contributed by atoms with Gasteiger partial charge in [-0.3, -0.25) is 0 Å². The molecule has 1 fully saturated rings. The Morgan fingerprint density at radius 3 is 1.29 bits per heavy atom. The number of hydrogen-bond donors (Lipinski definition) is 2. The van der Waals surface area contributed by atoms with Crippen LogP contribution < -0.4 is 169 Å². The van der Waals surface area contributed by atoms with Gasteiger partial charge in [-0.2, -0.15) is 7.82 Å². The van der Waals surface area contributed by atoms with Crippen LogP contribution >= 0.6 is 7.82 Å². The maximum Gasteiger partial charge on any atom is 1.00 e. The van der Waals surface area contributed by atoms with Crippen molar-refractivity contribution in [2.75, 3.05) is 0 Å². The van der Waals surface area contributed by atoms with Crippen molar-refractivity contribution in [3.63, 3.8) is 0 Å². The third kappa shape index (κ3) is 30.2. The van der Waals surface area contributed by atoms with Gasteiger partial charge in [-0.05, 0) is 5.82 Å². The van der Waals surface area contributed by atoms with Crippen LogP contribution in [0.25, 0.3) is 0 Å². The fraction of sp³-hybridized carbons (Fsp3) is 1.00. The van der Waals surface area contributed by atoms with E-state index in [0.717, 1.165) is 12.8 Å². The molecule has 0 aromatic carbocycles. The minimum absolute atomic E-state index is 0. The van der Waals surface area contributed by atoms with E-state index in [1.165, 1.54) is 0 Å². The molecule has 0 atom stereocenters. The smallest absolute Gasteiger partial charge is 0.822 e. The van der Waals surface area contributed by atoms with Crippen LogP contribution in [0.1, 0.15) is 12.8 Å². The van der Waals surface area contributed by atoms with Crippen LogP contribution in [0.4, 0.5) is 0 Å². The average molecular weight is 298 g/mol. The molecule has 0 bridgehead atoms. The molecule has 0 amide bonds. The Labute approximate surface area is 211 Å². The second-order valence-corrected chi connectivity index (χ2v) is 3.09.